The minimum Gasteiger partial charge on any atom is -0.318 e. The second-order valence-electron chi connectivity index (χ2n) is 3.73. The van der Waals surface area contributed by atoms with Gasteiger partial charge in [0.15, 0.2) is 0 Å². The average Bonchev–Trinajstić information content (AvgIpc) is 2.79. The van der Waals surface area contributed by atoms with Crippen molar-refractivity contribution in [3.05, 3.63) is 32.2 Å². The van der Waals surface area contributed by atoms with Crippen LogP contribution in [0.3, 0.4) is 0 Å². The van der Waals surface area contributed by atoms with E-state index in [0.29, 0.717) is 4.88 Å². The molecule has 1 amide bonds. The van der Waals surface area contributed by atoms with E-state index < -0.39 is 0 Å². The summed E-state index contributed by atoms with van der Waals surface area (Å²) in [5.74, 6) is -0.0973. The minimum absolute atomic E-state index is 0.0973. The third-order valence-electron chi connectivity index (χ3n) is 2.54. The largest absolute Gasteiger partial charge is 0.318 e. The first kappa shape index (κ1) is 12.3. The van der Waals surface area contributed by atoms with Gasteiger partial charge in [0.25, 0.3) is 5.91 Å². The lowest BCUT2D eigenvalue weighted by atomic mass is 10.3. The first-order chi connectivity index (χ1) is 7.99. The summed E-state index contributed by atoms with van der Waals surface area (Å²) in [6, 6.07) is 3.66. The van der Waals surface area contributed by atoms with Crippen molar-refractivity contribution in [2.45, 2.75) is 13.8 Å². The molecule has 1 N–H and O–H groups in total. The number of carbonyl (C=O) groups excluding carboxylic acids is 1. The van der Waals surface area contributed by atoms with Crippen molar-refractivity contribution in [2.75, 3.05) is 5.32 Å². The maximum absolute atomic E-state index is 12.0. The third kappa shape index (κ3) is 2.42. The Hall–Kier alpha value is -1.14. The lowest BCUT2D eigenvalue weighted by molar-refractivity contribution is 0.103. The summed E-state index contributed by atoms with van der Waals surface area (Å²) in [6.45, 7) is 3.81. The van der Waals surface area contributed by atoms with Gasteiger partial charge >= 0.3 is 0 Å². The molecule has 2 aromatic rings. The number of anilines is 1. The van der Waals surface area contributed by atoms with E-state index in [-0.39, 0.29) is 5.91 Å². The van der Waals surface area contributed by atoms with Crippen LogP contribution in [-0.4, -0.2) is 15.7 Å². The van der Waals surface area contributed by atoms with Crippen LogP contribution in [0.5, 0.6) is 0 Å². The minimum atomic E-state index is -0.0973. The molecule has 0 aromatic carbocycles. The molecule has 2 aromatic heterocycles. The Labute approximate surface area is 112 Å². The van der Waals surface area contributed by atoms with Crippen LogP contribution in [0.2, 0.25) is 0 Å². The van der Waals surface area contributed by atoms with Crippen LogP contribution in [0.15, 0.2) is 15.9 Å². The second-order valence-corrected chi connectivity index (χ2v) is 6.19. The zero-order valence-corrected chi connectivity index (χ0v) is 12.1. The summed E-state index contributed by atoms with van der Waals surface area (Å²) >= 11 is 4.75. The highest BCUT2D eigenvalue weighted by atomic mass is 79.9. The van der Waals surface area contributed by atoms with Gasteiger partial charge in [0.1, 0.15) is 0 Å². The first-order valence-corrected chi connectivity index (χ1v) is 6.67. The Morgan fingerprint density at radius 3 is 2.65 bits per heavy atom. The molecule has 0 saturated heterocycles. The number of nitrogens with zero attached hydrogens (tertiary/aromatic N) is 2. The Balaban J connectivity index is 2.24. The van der Waals surface area contributed by atoms with Crippen LogP contribution >= 0.6 is 27.3 Å². The number of carbonyl (C=O) groups is 1. The Morgan fingerprint density at radius 1 is 1.47 bits per heavy atom. The van der Waals surface area contributed by atoms with Gasteiger partial charge in [-0.3, -0.25) is 9.48 Å². The van der Waals surface area contributed by atoms with Gasteiger partial charge in [-0.15, -0.1) is 11.3 Å². The van der Waals surface area contributed by atoms with Crippen molar-refractivity contribution in [3.63, 3.8) is 0 Å². The molecule has 17 heavy (non-hydrogen) atoms. The zero-order valence-electron chi connectivity index (χ0n) is 9.74. The van der Waals surface area contributed by atoms with Crippen LogP contribution in [-0.2, 0) is 7.05 Å². The van der Waals surface area contributed by atoms with E-state index in [1.54, 1.807) is 10.7 Å². The molecule has 2 rings (SSSR count). The summed E-state index contributed by atoms with van der Waals surface area (Å²) in [5.41, 5.74) is 2.57. The fourth-order valence-corrected chi connectivity index (χ4v) is 2.85. The normalized spacial score (nSPS) is 10.6. The predicted octanol–water partition coefficient (Wildman–Crippen LogP) is 3.11. The third-order valence-corrected chi connectivity index (χ3v) is 4.17. The molecule has 0 aliphatic rings. The van der Waals surface area contributed by atoms with Gasteiger partial charge < -0.3 is 5.32 Å². The van der Waals surface area contributed by atoms with Crippen molar-refractivity contribution < 1.29 is 4.79 Å². The molecule has 0 bridgehead atoms. The number of amides is 1. The van der Waals surface area contributed by atoms with Gasteiger partial charge in [-0.05, 0) is 41.9 Å². The maximum atomic E-state index is 12.0. The molecular weight excluding hydrogens is 302 g/mol. The van der Waals surface area contributed by atoms with Crippen molar-refractivity contribution in [3.8, 4) is 0 Å². The number of aromatic nitrogens is 2. The number of rotatable bonds is 2. The molecule has 0 unspecified atom stereocenters. The average molecular weight is 314 g/mol. The highest BCUT2D eigenvalue weighted by Crippen LogP contribution is 2.24. The van der Waals surface area contributed by atoms with Crippen molar-refractivity contribution in [1.82, 2.24) is 9.78 Å². The Kier molecular flexibility index (Phi) is 3.35. The summed E-state index contributed by atoms with van der Waals surface area (Å²) in [7, 11) is 1.86. The number of hydrogen-bond donors (Lipinski definition) is 1. The smallest absolute Gasteiger partial charge is 0.265 e. The molecular formula is C11H12BrN3OS. The van der Waals surface area contributed by atoms with Gasteiger partial charge in [-0.25, -0.2) is 0 Å². The lowest BCUT2D eigenvalue weighted by Crippen LogP contribution is -2.11. The summed E-state index contributed by atoms with van der Waals surface area (Å²) in [5, 5.41) is 7.15. The molecule has 0 radical (unpaired) electrons. The molecule has 2 heterocycles. The van der Waals surface area contributed by atoms with E-state index in [9.17, 15) is 4.79 Å². The van der Waals surface area contributed by atoms with E-state index in [4.69, 9.17) is 0 Å². The lowest BCUT2D eigenvalue weighted by Gasteiger charge is -2.03. The van der Waals surface area contributed by atoms with Gasteiger partial charge in [0.05, 0.1) is 25.7 Å². The van der Waals surface area contributed by atoms with Crippen LogP contribution in [0.1, 0.15) is 21.1 Å². The molecule has 0 spiro atoms. The Morgan fingerprint density at radius 2 is 2.18 bits per heavy atom. The highest BCUT2D eigenvalue weighted by molar-refractivity contribution is 9.11. The quantitative estimate of drug-likeness (QED) is 0.926. The number of hydrogen-bond acceptors (Lipinski definition) is 3. The molecule has 0 aliphatic carbocycles. The summed E-state index contributed by atoms with van der Waals surface area (Å²) in [6.07, 6.45) is 0. The van der Waals surface area contributed by atoms with E-state index in [1.165, 1.54) is 11.3 Å². The Bertz CT molecular complexity index is 573. The van der Waals surface area contributed by atoms with E-state index >= 15 is 0 Å². The van der Waals surface area contributed by atoms with Gasteiger partial charge in [0, 0.05) is 7.05 Å². The molecule has 0 atom stereocenters. The monoisotopic (exact) mass is 313 g/mol. The van der Waals surface area contributed by atoms with Crippen LogP contribution < -0.4 is 5.32 Å². The zero-order chi connectivity index (χ0) is 12.6. The van der Waals surface area contributed by atoms with Gasteiger partial charge in [0.2, 0.25) is 0 Å². The molecule has 4 nitrogen and oxygen atoms in total. The maximum Gasteiger partial charge on any atom is 0.265 e. The van der Waals surface area contributed by atoms with E-state index in [1.807, 2.05) is 27.0 Å². The van der Waals surface area contributed by atoms with Crippen molar-refractivity contribution in [2.24, 2.45) is 7.05 Å². The number of nitrogens with one attached hydrogen (secondary N) is 1. The van der Waals surface area contributed by atoms with Crippen molar-refractivity contribution in [1.29, 1.82) is 0 Å². The highest BCUT2D eigenvalue weighted by Gasteiger charge is 2.14. The number of aryl methyl sites for hydroxylation is 2. The fraction of sp³-hybridized carbons (Fsp3) is 0.273. The molecule has 90 valence electrons. The van der Waals surface area contributed by atoms with Crippen LogP contribution in [0, 0.1) is 13.8 Å². The topological polar surface area (TPSA) is 46.9 Å². The first-order valence-electron chi connectivity index (χ1n) is 5.06. The standard InChI is InChI=1S/C11H12BrN3OS/c1-6-10(7(2)15(3)14-6)13-11(16)8-4-5-9(12)17-8/h4-5H,1-3H3,(H,13,16). The van der Waals surface area contributed by atoms with Crippen molar-refractivity contribution >= 4 is 38.9 Å². The number of thiophene rings is 1. The number of halogens is 1. The second kappa shape index (κ2) is 4.62. The molecule has 6 heteroatoms. The summed E-state index contributed by atoms with van der Waals surface area (Å²) < 4.78 is 2.71. The van der Waals surface area contributed by atoms with Crippen LogP contribution in [0.25, 0.3) is 0 Å². The summed E-state index contributed by atoms with van der Waals surface area (Å²) in [4.78, 5) is 12.7. The predicted molar refractivity (Wildman–Crippen MR) is 72.7 cm³/mol. The van der Waals surface area contributed by atoms with Gasteiger partial charge in [-0.1, -0.05) is 0 Å². The van der Waals surface area contributed by atoms with Gasteiger partial charge in [-0.2, -0.15) is 5.10 Å². The van der Waals surface area contributed by atoms with E-state index in [0.717, 1.165) is 20.9 Å². The SMILES string of the molecule is Cc1nn(C)c(C)c1NC(=O)c1ccc(Br)s1. The van der Waals surface area contributed by atoms with Crippen LogP contribution in [0.4, 0.5) is 5.69 Å². The molecule has 0 fully saturated rings. The molecule has 0 saturated carbocycles. The van der Waals surface area contributed by atoms with E-state index in [2.05, 4.69) is 26.3 Å². The fourth-order valence-electron chi connectivity index (χ4n) is 1.57. The molecule has 0 aliphatic heterocycles.